The van der Waals surface area contributed by atoms with E-state index in [1.54, 1.807) is 11.0 Å². The van der Waals surface area contributed by atoms with Crippen LogP contribution in [0.3, 0.4) is 0 Å². The summed E-state index contributed by atoms with van der Waals surface area (Å²) >= 11 is 1.34. The van der Waals surface area contributed by atoms with Crippen LogP contribution >= 0.6 is 11.8 Å². The maximum Gasteiger partial charge on any atom is 0.265 e. The first kappa shape index (κ1) is 17.3. The van der Waals surface area contributed by atoms with Crippen LogP contribution in [0.25, 0.3) is 0 Å². The van der Waals surface area contributed by atoms with Crippen LogP contribution in [0.15, 0.2) is 52.8 Å². The van der Waals surface area contributed by atoms with E-state index in [9.17, 15) is 9.59 Å². The van der Waals surface area contributed by atoms with Crippen LogP contribution in [0.2, 0.25) is 0 Å². The molecule has 1 aliphatic rings. The van der Waals surface area contributed by atoms with Crippen LogP contribution in [0.5, 0.6) is 0 Å². The molecule has 122 valence electrons. The average molecular weight is 330 g/mol. The van der Waals surface area contributed by atoms with Gasteiger partial charge < -0.3 is 10.2 Å². The van der Waals surface area contributed by atoms with Gasteiger partial charge in [-0.1, -0.05) is 43.8 Å². The standard InChI is InChI=1S/C18H22N2O2S/c1-4-11-20-14-9-7-8-10-15(14)23-16(18(20)22)12-17(21)19-13(5-2)6-3/h4,7-10,12-13H,1,5-6,11H2,2-3H3,(H,19,21). The van der Waals surface area contributed by atoms with E-state index >= 15 is 0 Å². The van der Waals surface area contributed by atoms with Gasteiger partial charge in [0.2, 0.25) is 5.91 Å². The van der Waals surface area contributed by atoms with Gasteiger partial charge in [-0.3, -0.25) is 9.59 Å². The summed E-state index contributed by atoms with van der Waals surface area (Å²) < 4.78 is 0. The van der Waals surface area contributed by atoms with E-state index in [0.29, 0.717) is 11.4 Å². The van der Waals surface area contributed by atoms with E-state index in [1.165, 1.54) is 17.8 Å². The van der Waals surface area contributed by atoms with Crippen molar-refractivity contribution in [1.82, 2.24) is 5.32 Å². The van der Waals surface area contributed by atoms with Gasteiger partial charge in [-0.25, -0.2) is 0 Å². The molecule has 0 aliphatic carbocycles. The third-order valence-electron chi connectivity index (χ3n) is 3.74. The number of amides is 2. The van der Waals surface area contributed by atoms with E-state index in [2.05, 4.69) is 11.9 Å². The van der Waals surface area contributed by atoms with Gasteiger partial charge in [0.05, 0.1) is 10.6 Å². The van der Waals surface area contributed by atoms with Gasteiger partial charge in [-0.15, -0.1) is 6.58 Å². The number of carbonyl (C=O) groups is 2. The number of hydrogen-bond acceptors (Lipinski definition) is 3. The highest BCUT2D eigenvalue weighted by Gasteiger charge is 2.28. The molecule has 0 bridgehead atoms. The molecule has 2 amide bonds. The summed E-state index contributed by atoms with van der Waals surface area (Å²) in [6, 6.07) is 7.83. The van der Waals surface area contributed by atoms with E-state index in [4.69, 9.17) is 0 Å². The predicted octanol–water partition coefficient (Wildman–Crippen LogP) is 3.50. The summed E-state index contributed by atoms with van der Waals surface area (Å²) in [5.74, 6) is -0.374. The Balaban J connectivity index is 2.27. The lowest BCUT2D eigenvalue weighted by atomic mass is 10.2. The fraction of sp³-hybridized carbons (Fsp3) is 0.333. The zero-order valence-corrected chi connectivity index (χ0v) is 14.4. The molecule has 0 aromatic heterocycles. The number of nitrogens with zero attached hydrogens (tertiary/aromatic N) is 1. The van der Waals surface area contributed by atoms with Crippen molar-refractivity contribution >= 4 is 29.3 Å². The van der Waals surface area contributed by atoms with Crippen LogP contribution in [0.4, 0.5) is 5.69 Å². The van der Waals surface area contributed by atoms with E-state index < -0.39 is 0 Å². The summed E-state index contributed by atoms with van der Waals surface area (Å²) in [4.78, 5) is 27.9. The molecule has 0 radical (unpaired) electrons. The number of benzene rings is 1. The van der Waals surface area contributed by atoms with Crippen LogP contribution in [0.1, 0.15) is 26.7 Å². The SMILES string of the molecule is C=CCN1C(=O)C(=CC(=O)NC(CC)CC)Sc2ccccc21. The van der Waals surface area contributed by atoms with Gasteiger partial charge in [-0.05, 0) is 25.0 Å². The molecule has 1 aromatic rings. The molecular formula is C18H22N2O2S. The van der Waals surface area contributed by atoms with E-state index in [0.717, 1.165) is 23.4 Å². The van der Waals surface area contributed by atoms with Crippen molar-refractivity contribution in [2.24, 2.45) is 0 Å². The number of thioether (sulfide) groups is 1. The van der Waals surface area contributed by atoms with Crippen molar-refractivity contribution < 1.29 is 9.59 Å². The summed E-state index contributed by atoms with van der Waals surface area (Å²) in [6.07, 6.45) is 4.85. The summed E-state index contributed by atoms with van der Waals surface area (Å²) in [5.41, 5.74) is 0.861. The molecule has 1 heterocycles. The summed E-state index contributed by atoms with van der Waals surface area (Å²) in [5, 5.41) is 2.94. The molecule has 0 saturated carbocycles. The molecule has 1 aromatic carbocycles. The number of anilines is 1. The molecule has 2 rings (SSSR count). The second-order valence-corrected chi connectivity index (χ2v) is 6.39. The smallest absolute Gasteiger partial charge is 0.265 e. The first-order chi connectivity index (χ1) is 11.1. The lowest BCUT2D eigenvalue weighted by molar-refractivity contribution is -0.118. The maximum atomic E-state index is 12.6. The molecule has 1 aliphatic heterocycles. The number of nitrogens with one attached hydrogen (secondary N) is 1. The molecule has 4 nitrogen and oxygen atoms in total. The van der Waals surface area contributed by atoms with Crippen LogP contribution < -0.4 is 10.2 Å². The fourth-order valence-electron chi connectivity index (χ4n) is 2.43. The molecule has 0 saturated heterocycles. The second kappa shape index (κ2) is 8.02. The monoisotopic (exact) mass is 330 g/mol. The Bertz CT molecular complexity index is 636. The quantitative estimate of drug-likeness (QED) is 0.641. The van der Waals surface area contributed by atoms with Gasteiger partial charge in [0.1, 0.15) is 0 Å². The summed E-state index contributed by atoms with van der Waals surface area (Å²) in [6.45, 7) is 8.19. The van der Waals surface area contributed by atoms with Crippen molar-refractivity contribution in [2.75, 3.05) is 11.4 Å². The lowest BCUT2D eigenvalue weighted by Crippen LogP contribution is -2.36. The number of hydrogen-bond donors (Lipinski definition) is 1. The molecular weight excluding hydrogens is 308 g/mol. The van der Waals surface area contributed by atoms with Crippen molar-refractivity contribution in [1.29, 1.82) is 0 Å². The highest BCUT2D eigenvalue weighted by Crippen LogP contribution is 2.41. The predicted molar refractivity (Wildman–Crippen MR) is 95.4 cm³/mol. The Morgan fingerprint density at radius 1 is 1.35 bits per heavy atom. The molecule has 0 atom stereocenters. The molecule has 5 heteroatoms. The van der Waals surface area contributed by atoms with Gasteiger partial charge >= 0.3 is 0 Å². The first-order valence-electron chi connectivity index (χ1n) is 7.82. The second-order valence-electron chi connectivity index (χ2n) is 5.30. The Hall–Kier alpha value is -2.01. The minimum Gasteiger partial charge on any atom is -0.350 e. The van der Waals surface area contributed by atoms with Crippen LogP contribution in [-0.4, -0.2) is 24.4 Å². The minimum absolute atomic E-state index is 0.139. The van der Waals surface area contributed by atoms with Gasteiger partial charge in [-0.2, -0.15) is 0 Å². The highest BCUT2D eigenvalue weighted by atomic mass is 32.2. The Kier molecular flexibility index (Phi) is 6.04. The number of fused-ring (bicyclic) bond motifs is 1. The molecule has 1 N–H and O–H groups in total. The minimum atomic E-state index is -0.215. The first-order valence-corrected chi connectivity index (χ1v) is 8.64. The van der Waals surface area contributed by atoms with Gasteiger partial charge in [0.25, 0.3) is 5.91 Å². The van der Waals surface area contributed by atoms with E-state index in [1.807, 2.05) is 38.1 Å². The molecule has 0 unspecified atom stereocenters. The van der Waals surface area contributed by atoms with Crippen LogP contribution in [-0.2, 0) is 9.59 Å². The number of para-hydroxylation sites is 1. The molecule has 23 heavy (non-hydrogen) atoms. The Labute approximate surface area is 141 Å². The van der Waals surface area contributed by atoms with Gasteiger partial charge in [0, 0.05) is 23.6 Å². The Morgan fingerprint density at radius 3 is 2.70 bits per heavy atom. The van der Waals surface area contributed by atoms with Crippen molar-refractivity contribution in [3.63, 3.8) is 0 Å². The van der Waals surface area contributed by atoms with Gasteiger partial charge in [0.15, 0.2) is 0 Å². The average Bonchev–Trinajstić information content (AvgIpc) is 2.56. The lowest BCUT2D eigenvalue weighted by Gasteiger charge is -2.29. The topological polar surface area (TPSA) is 49.4 Å². The maximum absolute atomic E-state index is 12.6. The zero-order valence-electron chi connectivity index (χ0n) is 13.5. The van der Waals surface area contributed by atoms with Crippen molar-refractivity contribution in [3.8, 4) is 0 Å². The fourth-order valence-corrected chi connectivity index (χ4v) is 3.46. The number of carbonyl (C=O) groups excluding carboxylic acids is 2. The third-order valence-corrected chi connectivity index (χ3v) is 4.82. The molecule has 0 spiro atoms. The third kappa shape index (κ3) is 4.05. The Morgan fingerprint density at radius 2 is 2.04 bits per heavy atom. The highest BCUT2D eigenvalue weighted by molar-refractivity contribution is 8.04. The summed E-state index contributed by atoms with van der Waals surface area (Å²) in [7, 11) is 0. The molecule has 0 fully saturated rings. The number of rotatable bonds is 6. The normalized spacial score (nSPS) is 15.7. The van der Waals surface area contributed by atoms with Crippen molar-refractivity contribution in [2.45, 2.75) is 37.6 Å². The van der Waals surface area contributed by atoms with Crippen molar-refractivity contribution in [3.05, 3.63) is 47.9 Å². The largest absolute Gasteiger partial charge is 0.350 e. The zero-order chi connectivity index (χ0) is 16.8. The van der Waals surface area contributed by atoms with Crippen LogP contribution in [0, 0.1) is 0 Å². The van der Waals surface area contributed by atoms with E-state index in [-0.39, 0.29) is 17.9 Å².